The molecule has 3 aromatic carbocycles. The molecule has 0 spiro atoms. The van der Waals surface area contributed by atoms with Crippen molar-refractivity contribution in [2.75, 3.05) is 39.5 Å². The third kappa shape index (κ3) is 5.54. The summed E-state index contributed by atoms with van der Waals surface area (Å²) in [5.74, 6) is 1.10. The molecule has 9 heteroatoms. The van der Waals surface area contributed by atoms with Crippen LogP contribution in [0.2, 0.25) is 0 Å². The molecular weight excluding hydrogens is 481 g/mol. The molecule has 0 bridgehead atoms. The number of nitrogens with zero attached hydrogens (tertiary/aromatic N) is 2. The number of sulfonamides is 1. The van der Waals surface area contributed by atoms with E-state index in [2.05, 4.69) is 20.6 Å². The van der Waals surface area contributed by atoms with E-state index in [1.165, 1.54) is 17.7 Å². The zero-order valence-electron chi connectivity index (χ0n) is 20.2. The van der Waals surface area contributed by atoms with Crippen LogP contribution < -0.4 is 14.2 Å². The van der Waals surface area contributed by atoms with Gasteiger partial charge in [0.2, 0.25) is 16.8 Å². The van der Waals surface area contributed by atoms with Crippen LogP contribution in [0.5, 0.6) is 11.5 Å². The van der Waals surface area contributed by atoms with Crippen LogP contribution in [0.3, 0.4) is 0 Å². The summed E-state index contributed by atoms with van der Waals surface area (Å²) < 4.78 is 53.6. The molecule has 0 amide bonds. The molecule has 1 fully saturated rings. The molecule has 7 nitrogen and oxygen atoms in total. The second kappa shape index (κ2) is 10.2. The molecule has 0 aromatic heterocycles. The van der Waals surface area contributed by atoms with E-state index in [0.29, 0.717) is 6.54 Å². The lowest BCUT2D eigenvalue weighted by molar-refractivity contribution is 0.105. The molecule has 36 heavy (non-hydrogen) atoms. The van der Waals surface area contributed by atoms with E-state index in [0.717, 1.165) is 61.9 Å². The Morgan fingerprint density at radius 2 is 1.56 bits per heavy atom. The van der Waals surface area contributed by atoms with Crippen LogP contribution in [-0.4, -0.2) is 57.7 Å². The molecule has 2 aliphatic rings. The molecule has 0 radical (unpaired) electrons. The second-order valence-corrected chi connectivity index (χ2v) is 11.2. The minimum absolute atomic E-state index is 0.0413. The van der Waals surface area contributed by atoms with Crippen LogP contribution in [0.1, 0.15) is 18.1 Å². The molecule has 190 valence electrons. The van der Waals surface area contributed by atoms with Gasteiger partial charge in [-0.05, 0) is 54.4 Å². The van der Waals surface area contributed by atoms with Crippen molar-refractivity contribution in [3.05, 3.63) is 89.7 Å². The summed E-state index contributed by atoms with van der Waals surface area (Å²) in [5, 5.41) is 0. The van der Waals surface area contributed by atoms with Crippen LogP contribution >= 0.6 is 0 Å². The van der Waals surface area contributed by atoms with Gasteiger partial charge in [0.05, 0.1) is 10.4 Å². The lowest BCUT2D eigenvalue weighted by Gasteiger charge is -2.40. The molecule has 2 aliphatic heterocycles. The normalized spacial score (nSPS) is 18.2. The maximum Gasteiger partial charge on any atom is 0.241 e. The highest BCUT2D eigenvalue weighted by molar-refractivity contribution is 7.89. The Morgan fingerprint density at radius 3 is 2.28 bits per heavy atom. The highest BCUT2D eigenvalue weighted by atomic mass is 32.2. The van der Waals surface area contributed by atoms with E-state index in [9.17, 15) is 12.8 Å². The van der Waals surface area contributed by atoms with Crippen LogP contribution in [0, 0.1) is 5.82 Å². The number of ether oxygens (including phenoxy) is 2. The zero-order chi connectivity index (χ0) is 25.2. The highest BCUT2D eigenvalue weighted by Crippen LogP contribution is 2.33. The lowest BCUT2D eigenvalue weighted by Crippen LogP contribution is -2.55. The third-order valence-corrected chi connectivity index (χ3v) is 8.35. The number of rotatable bonds is 8. The van der Waals surface area contributed by atoms with Gasteiger partial charge in [-0.1, -0.05) is 36.4 Å². The summed E-state index contributed by atoms with van der Waals surface area (Å²) in [4.78, 5) is 4.71. The topological polar surface area (TPSA) is 71.1 Å². The summed E-state index contributed by atoms with van der Waals surface area (Å²) in [6.07, 6.45) is 0. The fraction of sp³-hybridized carbons (Fsp3) is 0.333. The predicted molar refractivity (Wildman–Crippen MR) is 135 cm³/mol. The second-order valence-electron chi connectivity index (χ2n) is 9.50. The van der Waals surface area contributed by atoms with Gasteiger partial charge in [0, 0.05) is 39.3 Å². The largest absolute Gasteiger partial charge is 0.454 e. The zero-order valence-corrected chi connectivity index (χ0v) is 21.0. The Labute approximate surface area is 211 Å². The van der Waals surface area contributed by atoms with Gasteiger partial charge < -0.3 is 9.47 Å². The summed E-state index contributed by atoms with van der Waals surface area (Å²) in [5.41, 5.74) is 1.18. The summed E-state index contributed by atoms with van der Waals surface area (Å²) in [6.45, 7) is 6.85. The fourth-order valence-corrected chi connectivity index (χ4v) is 6.20. The smallest absolute Gasteiger partial charge is 0.241 e. The first-order valence-corrected chi connectivity index (χ1v) is 13.5. The van der Waals surface area contributed by atoms with Gasteiger partial charge in [-0.2, -0.15) is 4.72 Å². The van der Waals surface area contributed by atoms with Gasteiger partial charge in [-0.15, -0.1) is 0 Å². The fourth-order valence-electron chi connectivity index (χ4n) is 4.81. The first kappa shape index (κ1) is 24.7. The maximum absolute atomic E-state index is 13.4. The monoisotopic (exact) mass is 511 g/mol. The molecule has 1 atom stereocenters. The Balaban J connectivity index is 1.27. The van der Waals surface area contributed by atoms with Crippen LogP contribution in [-0.2, 0) is 22.1 Å². The number of halogens is 1. The Bertz CT molecular complexity index is 1300. The van der Waals surface area contributed by atoms with E-state index >= 15 is 0 Å². The number of piperazine rings is 1. The van der Waals surface area contributed by atoms with Crippen molar-refractivity contribution in [2.24, 2.45) is 0 Å². The molecule has 3 aromatic rings. The maximum atomic E-state index is 13.4. The minimum atomic E-state index is -3.87. The van der Waals surface area contributed by atoms with Crippen molar-refractivity contribution in [3.8, 4) is 11.5 Å². The van der Waals surface area contributed by atoms with E-state index < -0.39 is 21.4 Å². The summed E-state index contributed by atoms with van der Waals surface area (Å²) in [6, 6.07) is 20.5. The van der Waals surface area contributed by atoms with E-state index in [1.54, 1.807) is 0 Å². The number of hydrogen-bond donors (Lipinski definition) is 1. The third-order valence-electron chi connectivity index (χ3n) is 6.74. The molecule has 1 unspecified atom stereocenters. The molecule has 2 heterocycles. The van der Waals surface area contributed by atoms with Crippen LogP contribution in [0.4, 0.5) is 4.39 Å². The number of benzene rings is 3. The lowest BCUT2D eigenvalue weighted by atomic mass is 9.92. The van der Waals surface area contributed by atoms with Gasteiger partial charge >= 0.3 is 0 Å². The quantitative estimate of drug-likeness (QED) is 0.499. The minimum Gasteiger partial charge on any atom is -0.454 e. The molecule has 1 N–H and O–H groups in total. The summed E-state index contributed by atoms with van der Waals surface area (Å²) in [7, 11) is -3.87. The molecule has 1 saturated heterocycles. The first-order chi connectivity index (χ1) is 17.3. The van der Waals surface area contributed by atoms with Gasteiger partial charge in [-0.25, -0.2) is 12.8 Å². The van der Waals surface area contributed by atoms with E-state index in [1.807, 2.05) is 49.4 Å². The molecular formula is C27H30FN3O4S. The average molecular weight is 512 g/mol. The number of fused-ring (bicyclic) bond motifs is 1. The van der Waals surface area contributed by atoms with Gasteiger partial charge in [0.1, 0.15) is 5.82 Å². The van der Waals surface area contributed by atoms with Crippen molar-refractivity contribution in [1.82, 2.24) is 14.5 Å². The van der Waals surface area contributed by atoms with E-state index in [-0.39, 0.29) is 11.7 Å². The SMILES string of the molecule is CC(CN1CCN(Cc2ccc3c(c2)OCO3)CC1)(NS(=O)(=O)c1ccc(F)cc1)c1ccccc1. The number of nitrogens with one attached hydrogen (secondary N) is 1. The average Bonchev–Trinajstić information content (AvgIpc) is 3.34. The number of hydrogen-bond acceptors (Lipinski definition) is 6. The van der Waals surface area contributed by atoms with Gasteiger partial charge in [0.25, 0.3) is 0 Å². The van der Waals surface area contributed by atoms with Crippen molar-refractivity contribution < 1.29 is 22.3 Å². The Kier molecular flexibility index (Phi) is 6.98. The summed E-state index contributed by atoms with van der Waals surface area (Å²) >= 11 is 0. The Morgan fingerprint density at radius 1 is 0.889 bits per heavy atom. The first-order valence-electron chi connectivity index (χ1n) is 12.0. The van der Waals surface area contributed by atoms with E-state index in [4.69, 9.17) is 9.47 Å². The van der Waals surface area contributed by atoms with Crippen molar-refractivity contribution in [2.45, 2.75) is 23.9 Å². The van der Waals surface area contributed by atoms with Crippen molar-refractivity contribution >= 4 is 10.0 Å². The predicted octanol–water partition coefficient (Wildman–Crippen LogP) is 3.57. The van der Waals surface area contributed by atoms with Gasteiger partial charge in [0.15, 0.2) is 11.5 Å². The van der Waals surface area contributed by atoms with Crippen molar-refractivity contribution in [3.63, 3.8) is 0 Å². The molecule has 5 rings (SSSR count). The standard InChI is InChI=1S/C27H30FN3O4S/c1-27(22-5-3-2-4-6-22,29-36(32,33)24-10-8-23(28)9-11-24)19-31-15-13-30(14-16-31)18-21-7-12-25-26(17-21)35-20-34-25/h2-12,17,29H,13-16,18-20H2,1H3. The highest BCUT2D eigenvalue weighted by Gasteiger charge is 2.35. The van der Waals surface area contributed by atoms with Gasteiger partial charge in [-0.3, -0.25) is 9.80 Å². The molecule has 0 saturated carbocycles. The Hall–Kier alpha value is -2.98. The van der Waals surface area contributed by atoms with Crippen LogP contribution in [0.25, 0.3) is 0 Å². The molecule has 0 aliphatic carbocycles. The van der Waals surface area contributed by atoms with Crippen LogP contribution in [0.15, 0.2) is 77.7 Å². The van der Waals surface area contributed by atoms with Crippen molar-refractivity contribution in [1.29, 1.82) is 0 Å².